The molecule has 0 heterocycles. The SMILES string of the molecule is NC(=O)C(O)(CF)CF. The molecule has 0 spiro atoms. The van der Waals surface area contributed by atoms with Crippen molar-refractivity contribution in [2.45, 2.75) is 5.60 Å². The van der Waals surface area contributed by atoms with Gasteiger partial charge in [0, 0.05) is 0 Å². The number of carbonyl (C=O) groups is 1. The first-order chi connectivity index (χ1) is 4.06. The summed E-state index contributed by atoms with van der Waals surface area (Å²) in [6.07, 6.45) is 0. The van der Waals surface area contributed by atoms with E-state index in [-0.39, 0.29) is 0 Å². The predicted octanol–water partition coefficient (Wildman–Crippen LogP) is -0.858. The largest absolute Gasteiger partial charge is 0.375 e. The minimum Gasteiger partial charge on any atom is -0.375 e. The number of aliphatic hydroxyl groups is 1. The highest BCUT2D eigenvalue weighted by atomic mass is 19.1. The van der Waals surface area contributed by atoms with E-state index in [0.29, 0.717) is 0 Å². The smallest absolute Gasteiger partial charge is 0.254 e. The summed E-state index contributed by atoms with van der Waals surface area (Å²) in [6, 6.07) is 0. The summed E-state index contributed by atoms with van der Waals surface area (Å²) in [5, 5.41) is 8.48. The van der Waals surface area contributed by atoms with Gasteiger partial charge in [-0.1, -0.05) is 0 Å². The average molecular weight is 139 g/mol. The highest BCUT2D eigenvalue weighted by molar-refractivity contribution is 5.83. The van der Waals surface area contributed by atoms with Gasteiger partial charge in [-0.15, -0.1) is 0 Å². The summed E-state index contributed by atoms with van der Waals surface area (Å²) in [6.45, 7) is -2.97. The Morgan fingerprint density at radius 2 is 1.89 bits per heavy atom. The first-order valence-corrected chi connectivity index (χ1v) is 2.21. The predicted molar refractivity (Wildman–Crippen MR) is 26.1 cm³/mol. The molecule has 54 valence electrons. The van der Waals surface area contributed by atoms with Gasteiger partial charge in [-0.25, -0.2) is 8.78 Å². The van der Waals surface area contributed by atoms with Crippen LogP contribution in [0.25, 0.3) is 0 Å². The van der Waals surface area contributed by atoms with Crippen LogP contribution in [0.1, 0.15) is 0 Å². The van der Waals surface area contributed by atoms with Gasteiger partial charge in [0.25, 0.3) is 5.91 Å². The Morgan fingerprint density at radius 1 is 1.56 bits per heavy atom. The summed E-state index contributed by atoms with van der Waals surface area (Å²) in [4.78, 5) is 9.98. The third-order valence-corrected chi connectivity index (χ3v) is 0.901. The number of rotatable bonds is 3. The van der Waals surface area contributed by atoms with Crippen molar-refractivity contribution in [3.63, 3.8) is 0 Å². The highest BCUT2D eigenvalue weighted by Gasteiger charge is 2.34. The van der Waals surface area contributed by atoms with Gasteiger partial charge in [0.15, 0.2) is 5.60 Å². The Bertz CT molecular complexity index is 113. The quantitative estimate of drug-likeness (QED) is 0.534. The molecule has 0 aliphatic heterocycles. The van der Waals surface area contributed by atoms with E-state index >= 15 is 0 Å². The van der Waals surface area contributed by atoms with Gasteiger partial charge in [-0.3, -0.25) is 4.79 Å². The fraction of sp³-hybridized carbons (Fsp3) is 0.750. The molecule has 0 radical (unpaired) electrons. The number of primary amides is 1. The van der Waals surface area contributed by atoms with Crippen molar-refractivity contribution in [1.29, 1.82) is 0 Å². The van der Waals surface area contributed by atoms with Crippen molar-refractivity contribution in [3.8, 4) is 0 Å². The van der Waals surface area contributed by atoms with Crippen molar-refractivity contribution < 1.29 is 18.7 Å². The molecule has 0 fully saturated rings. The molecule has 0 aromatic carbocycles. The zero-order valence-electron chi connectivity index (χ0n) is 4.60. The van der Waals surface area contributed by atoms with Crippen LogP contribution in [0.5, 0.6) is 0 Å². The fourth-order valence-corrected chi connectivity index (χ4v) is 0.167. The van der Waals surface area contributed by atoms with Crippen LogP contribution < -0.4 is 5.73 Å². The van der Waals surface area contributed by atoms with Crippen LogP contribution in [0.15, 0.2) is 0 Å². The lowest BCUT2D eigenvalue weighted by Crippen LogP contribution is -2.47. The second kappa shape index (κ2) is 2.72. The molecule has 0 aromatic heterocycles. The molecule has 0 saturated carbocycles. The molecule has 0 bridgehead atoms. The molecule has 3 nitrogen and oxygen atoms in total. The molecule has 0 rings (SSSR count). The van der Waals surface area contributed by atoms with Crippen LogP contribution >= 0.6 is 0 Å². The second-order valence-electron chi connectivity index (χ2n) is 1.66. The van der Waals surface area contributed by atoms with Crippen LogP contribution in [-0.4, -0.2) is 30.0 Å². The van der Waals surface area contributed by atoms with Crippen LogP contribution in [0.3, 0.4) is 0 Å². The highest BCUT2D eigenvalue weighted by Crippen LogP contribution is 2.04. The van der Waals surface area contributed by atoms with E-state index in [2.05, 4.69) is 5.73 Å². The maximum absolute atomic E-state index is 11.5. The maximum Gasteiger partial charge on any atom is 0.254 e. The van der Waals surface area contributed by atoms with Gasteiger partial charge >= 0.3 is 0 Å². The lowest BCUT2D eigenvalue weighted by molar-refractivity contribution is -0.139. The topological polar surface area (TPSA) is 63.3 Å². The van der Waals surface area contributed by atoms with E-state index in [1.165, 1.54) is 0 Å². The minimum atomic E-state index is -2.61. The molecule has 1 amide bonds. The van der Waals surface area contributed by atoms with Crippen molar-refractivity contribution >= 4 is 5.91 Å². The van der Waals surface area contributed by atoms with Crippen LogP contribution in [0, 0.1) is 0 Å². The molecule has 0 atom stereocenters. The van der Waals surface area contributed by atoms with Gasteiger partial charge in [0.1, 0.15) is 13.3 Å². The third kappa shape index (κ3) is 1.60. The third-order valence-electron chi connectivity index (χ3n) is 0.901. The van der Waals surface area contributed by atoms with Crippen molar-refractivity contribution in [2.75, 3.05) is 13.3 Å². The normalized spacial score (nSPS) is 11.4. The summed E-state index contributed by atoms with van der Waals surface area (Å²) >= 11 is 0. The number of amides is 1. The summed E-state index contributed by atoms with van der Waals surface area (Å²) < 4.78 is 23.0. The van der Waals surface area contributed by atoms with E-state index in [0.717, 1.165) is 0 Å². The molecule has 3 N–H and O–H groups in total. The zero-order chi connectivity index (χ0) is 7.49. The van der Waals surface area contributed by atoms with Crippen molar-refractivity contribution in [3.05, 3.63) is 0 Å². The van der Waals surface area contributed by atoms with Crippen LogP contribution in [0.2, 0.25) is 0 Å². The lowest BCUT2D eigenvalue weighted by Gasteiger charge is -2.14. The molecule has 0 aliphatic rings. The number of hydrogen-bond acceptors (Lipinski definition) is 2. The Morgan fingerprint density at radius 3 is 1.89 bits per heavy atom. The van der Waals surface area contributed by atoms with E-state index in [4.69, 9.17) is 5.11 Å². The van der Waals surface area contributed by atoms with Gasteiger partial charge in [0.05, 0.1) is 0 Å². The van der Waals surface area contributed by atoms with Gasteiger partial charge in [0.2, 0.25) is 0 Å². The van der Waals surface area contributed by atoms with E-state index in [1.807, 2.05) is 0 Å². The Hall–Kier alpha value is -0.710. The minimum absolute atomic E-state index is 1.38. The lowest BCUT2D eigenvalue weighted by atomic mass is 10.1. The van der Waals surface area contributed by atoms with Crippen molar-refractivity contribution in [2.24, 2.45) is 5.73 Å². The van der Waals surface area contributed by atoms with Gasteiger partial charge in [-0.2, -0.15) is 0 Å². The fourth-order valence-electron chi connectivity index (χ4n) is 0.167. The summed E-state index contributed by atoms with van der Waals surface area (Å²) in [7, 11) is 0. The van der Waals surface area contributed by atoms with E-state index in [9.17, 15) is 13.6 Å². The number of hydrogen-bond donors (Lipinski definition) is 2. The molecule has 0 unspecified atom stereocenters. The Balaban J connectivity index is 4.09. The maximum atomic E-state index is 11.5. The Labute approximate surface area is 50.5 Å². The molecule has 5 heteroatoms. The first kappa shape index (κ1) is 8.29. The van der Waals surface area contributed by atoms with E-state index < -0.39 is 24.9 Å². The van der Waals surface area contributed by atoms with E-state index in [1.54, 1.807) is 0 Å². The first-order valence-electron chi connectivity index (χ1n) is 2.21. The molecule has 0 saturated heterocycles. The molecule has 0 aliphatic carbocycles. The van der Waals surface area contributed by atoms with Gasteiger partial charge in [-0.05, 0) is 0 Å². The van der Waals surface area contributed by atoms with Crippen molar-refractivity contribution in [1.82, 2.24) is 0 Å². The number of nitrogens with two attached hydrogens (primary N) is 1. The standard InChI is InChI=1S/C4H7F2NO2/c5-1-4(9,2-6)3(7)8/h9H,1-2H2,(H2,7,8). The number of alkyl halides is 2. The monoisotopic (exact) mass is 139 g/mol. The summed E-state index contributed by atoms with van der Waals surface area (Å²) in [5.41, 5.74) is 1.81. The van der Waals surface area contributed by atoms with Crippen LogP contribution in [0.4, 0.5) is 8.78 Å². The molecule has 0 aromatic rings. The summed E-state index contributed by atoms with van der Waals surface area (Å²) in [5.74, 6) is -1.38. The number of carbonyl (C=O) groups excluding carboxylic acids is 1. The zero-order valence-corrected chi connectivity index (χ0v) is 4.60. The second-order valence-corrected chi connectivity index (χ2v) is 1.66. The van der Waals surface area contributed by atoms with Gasteiger partial charge < -0.3 is 10.8 Å². The molecular formula is C4H7F2NO2. The molecular weight excluding hydrogens is 132 g/mol. The average Bonchev–Trinajstić information content (AvgIpc) is 1.86. The Kier molecular flexibility index (Phi) is 2.51. The number of halogens is 2. The van der Waals surface area contributed by atoms with Crippen LogP contribution in [-0.2, 0) is 4.79 Å². The molecule has 9 heavy (non-hydrogen) atoms.